The van der Waals surface area contributed by atoms with Crippen molar-refractivity contribution in [3.63, 3.8) is 0 Å². The van der Waals surface area contributed by atoms with Crippen LogP contribution in [-0.4, -0.2) is 81.2 Å². The molecule has 5 unspecified atom stereocenters. The molecular formula is C18H30N4O7S. The molecule has 0 spiro atoms. The van der Waals surface area contributed by atoms with E-state index in [2.05, 4.69) is 23.3 Å². The van der Waals surface area contributed by atoms with Crippen molar-refractivity contribution in [3.8, 4) is 0 Å². The van der Waals surface area contributed by atoms with Crippen LogP contribution in [0.15, 0.2) is 0 Å². The second kappa shape index (κ2) is 11.7. The van der Waals surface area contributed by atoms with E-state index in [1.165, 1.54) is 4.90 Å². The maximum absolute atomic E-state index is 12.9. The highest BCUT2D eigenvalue weighted by Gasteiger charge is 2.39. The van der Waals surface area contributed by atoms with Gasteiger partial charge in [0, 0.05) is 12.3 Å². The topological polar surface area (TPSA) is 179 Å². The number of thiol groups is 1. The second-order valence-corrected chi connectivity index (χ2v) is 7.71. The molecular weight excluding hydrogens is 416 g/mol. The third-order valence-corrected chi connectivity index (χ3v) is 5.51. The number of amides is 3. The Bertz CT molecular complexity index is 675. The number of rotatable bonds is 11. The summed E-state index contributed by atoms with van der Waals surface area (Å²) in [5, 5.41) is 23.0. The number of carbonyl (C=O) groups is 5. The largest absolute Gasteiger partial charge is 0.481 e. The van der Waals surface area contributed by atoms with Crippen LogP contribution in [0.4, 0.5) is 0 Å². The van der Waals surface area contributed by atoms with Crippen LogP contribution in [0.25, 0.3) is 0 Å². The van der Waals surface area contributed by atoms with Crippen LogP contribution in [0.2, 0.25) is 0 Å². The van der Waals surface area contributed by atoms with Gasteiger partial charge in [-0.1, -0.05) is 20.3 Å². The van der Waals surface area contributed by atoms with Gasteiger partial charge in [0.15, 0.2) is 0 Å². The predicted molar refractivity (Wildman–Crippen MR) is 110 cm³/mol. The normalized spacial score (nSPS) is 20.0. The van der Waals surface area contributed by atoms with E-state index in [1.54, 1.807) is 6.92 Å². The molecule has 0 aromatic carbocycles. The van der Waals surface area contributed by atoms with E-state index in [1.807, 2.05) is 6.92 Å². The van der Waals surface area contributed by atoms with Crippen molar-refractivity contribution in [2.75, 3.05) is 12.3 Å². The summed E-state index contributed by atoms with van der Waals surface area (Å²) in [5.74, 6) is -4.72. The fourth-order valence-corrected chi connectivity index (χ4v) is 3.43. The van der Waals surface area contributed by atoms with Crippen molar-refractivity contribution >= 4 is 42.3 Å². The van der Waals surface area contributed by atoms with Crippen molar-refractivity contribution in [2.24, 2.45) is 11.7 Å². The molecule has 12 heteroatoms. The van der Waals surface area contributed by atoms with Gasteiger partial charge < -0.3 is 31.5 Å². The van der Waals surface area contributed by atoms with E-state index in [4.69, 9.17) is 10.8 Å². The van der Waals surface area contributed by atoms with Gasteiger partial charge in [-0.05, 0) is 18.8 Å². The summed E-state index contributed by atoms with van der Waals surface area (Å²) >= 11 is 4.07. The first-order valence-corrected chi connectivity index (χ1v) is 10.4. The maximum atomic E-state index is 12.9. The van der Waals surface area contributed by atoms with Crippen LogP contribution < -0.4 is 16.4 Å². The summed E-state index contributed by atoms with van der Waals surface area (Å²) in [4.78, 5) is 61.1. The van der Waals surface area contributed by atoms with Gasteiger partial charge in [-0.3, -0.25) is 19.2 Å². The highest BCUT2D eigenvalue weighted by atomic mass is 32.1. The zero-order chi connectivity index (χ0) is 23.0. The van der Waals surface area contributed by atoms with Crippen molar-refractivity contribution in [1.29, 1.82) is 0 Å². The van der Waals surface area contributed by atoms with Crippen molar-refractivity contribution < 1.29 is 34.2 Å². The number of carboxylic acid groups (broad SMARTS) is 2. The Morgan fingerprint density at radius 1 is 1.20 bits per heavy atom. The molecule has 0 radical (unpaired) electrons. The number of nitrogens with two attached hydrogens (primary N) is 1. The number of hydrogen-bond acceptors (Lipinski definition) is 7. The quantitative estimate of drug-likeness (QED) is 0.214. The average Bonchev–Trinajstić information content (AvgIpc) is 3.17. The first-order chi connectivity index (χ1) is 14.0. The number of nitrogens with zero attached hydrogens (tertiary/aromatic N) is 1. The van der Waals surface area contributed by atoms with Gasteiger partial charge in [0.05, 0.1) is 12.5 Å². The van der Waals surface area contributed by atoms with Gasteiger partial charge in [0.1, 0.15) is 18.1 Å². The van der Waals surface area contributed by atoms with Crippen LogP contribution >= 0.6 is 12.6 Å². The molecule has 6 N–H and O–H groups in total. The summed E-state index contributed by atoms with van der Waals surface area (Å²) in [5.41, 5.74) is 5.51. The molecule has 0 bridgehead atoms. The lowest BCUT2D eigenvalue weighted by atomic mass is 9.98. The summed E-state index contributed by atoms with van der Waals surface area (Å²) in [6.07, 6.45) is 0.849. The van der Waals surface area contributed by atoms with Crippen LogP contribution in [0.5, 0.6) is 0 Å². The van der Waals surface area contributed by atoms with Crippen LogP contribution in [0.1, 0.15) is 39.5 Å². The van der Waals surface area contributed by atoms with Gasteiger partial charge in [0.2, 0.25) is 17.7 Å². The first kappa shape index (κ1) is 25.7. The predicted octanol–water partition coefficient (Wildman–Crippen LogP) is -1.19. The lowest BCUT2D eigenvalue weighted by Gasteiger charge is -2.30. The molecule has 0 saturated carbocycles. The number of carboxylic acids is 2. The molecule has 1 rings (SSSR count). The molecule has 1 heterocycles. The van der Waals surface area contributed by atoms with Crippen molar-refractivity contribution in [2.45, 2.75) is 63.7 Å². The highest BCUT2D eigenvalue weighted by Crippen LogP contribution is 2.20. The van der Waals surface area contributed by atoms with Gasteiger partial charge in [-0.25, -0.2) is 4.79 Å². The Morgan fingerprint density at radius 2 is 1.83 bits per heavy atom. The summed E-state index contributed by atoms with van der Waals surface area (Å²) in [7, 11) is 0. The zero-order valence-electron chi connectivity index (χ0n) is 17.0. The molecule has 0 aliphatic carbocycles. The standard InChI is InChI=1S/C18H30N4O7S/c1-3-9(2)14(18(28)29)21-16(26)12-5-4-6-22(12)17(27)11(8-30)20-15(25)10(19)7-13(23)24/h9-12,14,30H,3-8,19H2,1-2H3,(H,20,25)(H,21,26)(H,23,24)(H,28,29). The number of nitrogens with one attached hydrogen (secondary N) is 2. The minimum atomic E-state index is -1.33. The van der Waals surface area contributed by atoms with Gasteiger partial charge in [-0.15, -0.1) is 0 Å². The number of aliphatic carboxylic acids is 2. The molecule has 0 aromatic rings. The Kier molecular flexibility index (Phi) is 10.1. The van der Waals surface area contributed by atoms with Crippen molar-refractivity contribution in [3.05, 3.63) is 0 Å². The molecule has 1 saturated heterocycles. The minimum Gasteiger partial charge on any atom is -0.481 e. The molecule has 3 amide bonds. The smallest absolute Gasteiger partial charge is 0.326 e. The van der Waals surface area contributed by atoms with E-state index in [0.29, 0.717) is 19.3 Å². The maximum Gasteiger partial charge on any atom is 0.326 e. The molecule has 5 atom stereocenters. The van der Waals surface area contributed by atoms with Crippen LogP contribution in [-0.2, 0) is 24.0 Å². The van der Waals surface area contributed by atoms with Gasteiger partial charge in [-0.2, -0.15) is 12.6 Å². The van der Waals surface area contributed by atoms with Gasteiger partial charge >= 0.3 is 11.9 Å². The summed E-state index contributed by atoms with van der Waals surface area (Å²) in [6, 6.07) is -4.37. The fourth-order valence-electron chi connectivity index (χ4n) is 3.18. The van der Waals surface area contributed by atoms with E-state index in [9.17, 15) is 29.1 Å². The molecule has 1 aliphatic heterocycles. The van der Waals surface area contributed by atoms with E-state index < -0.39 is 60.2 Å². The number of likely N-dealkylation sites (tertiary alicyclic amines) is 1. The van der Waals surface area contributed by atoms with Crippen LogP contribution in [0, 0.1) is 5.92 Å². The average molecular weight is 447 g/mol. The van der Waals surface area contributed by atoms with Crippen LogP contribution in [0.3, 0.4) is 0 Å². The summed E-state index contributed by atoms with van der Waals surface area (Å²) < 4.78 is 0. The third-order valence-electron chi connectivity index (χ3n) is 5.14. The molecule has 0 aromatic heterocycles. The van der Waals surface area contributed by atoms with E-state index in [0.717, 1.165) is 0 Å². The molecule has 11 nitrogen and oxygen atoms in total. The fraction of sp³-hybridized carbons (Fsp3) is 0.722. The highest BCUT2D eigenvalue weighted by molar-refractivity contribution is 7.80. The Morgan fingerprint density at radius 3 is 2.33 bits per heavy atom. The van der Waals surface area contributed by atoms with E-state index in [-0.39, 0.29) is 18.2 Å². The minimum absolute atomic E-state index is 0.0835. The Balaban J connectivity index is 2.86. The molecule has 170 valence electrons. The zero-order valence-corrected chi connectivity index (χ0v) is 17.9. The second-order valence-electron chi connectivity index (χ2n) is 7.35. The number of carbonyl (C=O) groups excluding carboxylic acids is 3. The molecule has 1 fully saturated rings. The van der Waals surface area contributed by atoms with Crippen molar-refractivity contribution in [1.82, 2.24) is 15.5 Å². The van der Waals surface area contributed by atoms with E-state index >= 15 is 0 Å². The summed E-state index contributed by atoms with van der Waals surface area (Å²) in [6.45, 7) is 3.79. The SMILES string of the molecule is CCC(C)C(NC(=O)C1CCCN1C(=O)C(CS)NC(=O)C(N)CC(=O)O)C(=O)O. The molecule has 1 aliphatic rings. The third kappa shape index (κ3) is 6.87. The Hall–Kier alpha value is -2.34. The lowest BCUT2D eigenvalue weighted by Crippen LogP contribution is -2.58. The molecule has 30 heavy (non-hydrogen) atoms. The van der Waals surface area contributed by atoms with Gasteiger partial charge in [0.25, 0.3) is 0 Å². The monoisotopic (exact) mass is 446 g/mol. The first-order valence-electron chi connectivity index (χ1n) is 9.75. The Labute approximate surface area is 180 Å². The lowest BCUT2D eigenvalue weighted by molar-refractivity contribution is -0.145. The number of hydrogen-bond donors (Lipinski definition) is 6.